The largest absolute Gasteiger partial charge is 0.478 e. The van der Waals surface area contributed by atoms with Gasteiger partial charge in [-0.25, -0.2) is 4.79 Å². The molecule has 0 saturated heterocycles. The number of nitrogens with one attached hydrogen (secondary N) is 1. The van der Waals surface area contributed by atoms with Gasteiger partial charge in [0.1, 0.15) is 0 Å². The lowest BCUT2D eigenvalue weighted by Crippen LogP contribution is -2.30. The molecule has 2 aliphatic rings. The molecular formula is C19H16ClNO2. The fourth-order valence-electron chi connectivity index (χ4n) is 3.80. The molecule has 23 heavy (non-hydrogen) atoms. The molecule has 2 aromatic carbocycles. The average Bonchev–Trinajstić information content (AvgIpc) is 3.04. The smallest absolute Gasteiger partial charge is 0.337 e. The van der Waals surface area contributed by atoms with Gasteiger partial charge in [-0.15, -0.1) is 0 Å². The minimum Gasteiger partial charge on any atom is -0.478 e. The van der Waals surface area contributed by atoms with Crippen molar-refractivity contribution in [2.24, 2.45) is 5.92 Å². The molecular weight excluding hydrogens is 310 g/mol. The molecule has 116 valence electrons. The minimum absolute atomic E-state index is 0.0836. The summed E-state index contributed by atoms with van der Waals surface area (Å²) in [7, 11) is 0. The van der Waals surface area contributed by atoms with Crippen LogP contribution in [0, 0.1) is 5.92 Å². The van der Waals surface area contributed by atoms with Gasteiger partial charge in [-0.1, -0.05) is 48.0 Å². The maximum absolute atomic E-state index is 11.6. The Balaban J connectivity index is 1.83. The van der Waals surface area contributed by atoms with Gasteiger partial charge in [0.25, 0.3) is 0 Å². The zero-order chi connectivity index (χ0) is 16.0. The van der Waals surface area contributed by atoms with Crippen LogP contribution in [0.2, 0.25) is 5.02 Å². The van der Waals surface area contributed by atoms with Crippen molar-refractivity contribution in [3.8, 4) is 0 Å². The molecule has 2 aromatic rings. The van der Waals surface area contributed by atoms with E-state index in [9.17, 15) is 9.90 Å². The lowest BCUT2D eigenvalue weighted by molar-refractivity contribution is 0.0697. The summed E-state index contributed by atoms with van der Waals surface area (Å²) >= 11 is 6.00. The first kappa shape index (κ1) is 14.3. The summed E-state index contributed by atoms with van der Waals surface area (Å²) < 4.78 is 0. The first-order valence-corrected chi connectivity index (χ1v) is 8.08. The predicted molar refractivity (Wildman–Crippen MR) is 91.2 cm³/mol. The summed E-state index contributed by atoms with van der Waals surface area (Å²) in [5.74, 6) is -0.247. The van der Waals surface area contributed by atoms with Crippen molar-refractivity contribution < 1.29 is 9.90 Å². The molecule has 2 N–H and O–H groups in total. The highest BCUT2D eigenvalue weighted by molar-refractivity contribution is 6.30. The van der Waals surface area contributed by atoms with E-state index in [4.69, 9.17) is 11.6 Å². The van der Waals surface area contributed by atoms with E-state index >= 15 is 0 Å². The molecule has 0 amide bonds. The highest BCUT2D eigenvalue weighted by atomic mass is 35.5. The van der Waals surface area contributed by atoms with Gasteiger partial charge in [-0.2, -0.15) is 0 Å². The number of carbonyl (C=O) groups is 1. The standard InChI is InChI=1S/C19H16ClNO2/c20-12-9-7-11(8-10-12)17-14-4-1-3-13(14)15-5-2-6-16(19(22)23)18(15)21-17/h1-3,5-10,13-14,17,21H,4H2,(H,22,23)/t13-,14+,17-/m0/s1. The fourth-order valence-corrected chi connectivity index (χ4v) is 3.93. The van der Waals surface area contributed by atoms with Crippen LogP contribution in [0.5, 0.6) is 0 Å². The quantitative estimate of drug-likeness (QED) is 0.775. The van der Waals surface area contributed by atoms with Crippen LogP contribution < -0.4 is 5.32 Å². The van der Waals surface area contributed by atoms with E-state index in [0.29, 0.717) is 16.5 Å². The van der Waals surface area contributed by atoms with Gasteiger partial charge in [0.05, 0.1) is 17.3 Å². The van der Waals surface area contributed by atoms with Gasteiger partial charge in [0.2, 0.25) is 0 Å². The number of benzene rings is 2. The molecule has 0 unspecified atom stereocenters. The van der Waals surface area contributed by atoms with E-state index in [2.05, 4.69) is 17.5 Å². The first-order valence-electron chi connectivity index (χ1n) is 7.70. The zero-order valence-electron chi connectivity index (χ0n) is 12.4. The summed E-state index contributed by atoms with van der Waals surface area (Å²) in [6.45, 7) is 0. The van der Waals surface area contributed by atoms with Crippen molar-refractivity contribution in [1.29, 1.82) is 0 Å². The van der Waals surface area contributed by atoms with Gasteiger partial charge in [-0.05, 0) is 41.7 Å². The Kier molecular flexibility index (Phi) is 3.38. The van der Waals surface area contributed by atoms with Crippen molar-refractivity contribution >= 4 is 23.3 Å². The van der Waals surface area contributed by atoms with Crippen molar-refractivity contribution in [2.45, 2.75) is 18.4 Å². The number of rotatable bonds is 2. The van der Waals surface area contributed by atoms with Gasteiger partial charge in [0.15, 0.2) is 0 Å². The normalized spacial score (nSPS) is 24.7. The molecule has 0 bridgehead atoms. The molecule has 3 nitrogen and oxygen atoms in total. The second-order valence-corrected chi connectivity index (χ2v) is 6.54. The van der Waals surface area contributed by atoms with E-state index in [-0.39, 0.29) is 12.0 Å². The van der Waals surface area contributed by atoms with Crippen LogP contribution in [0.3, 0.4) is 0 Å². The van der Waals surface area contributed by atoms with E-state index in [0.717, 1.165) is 23.2 Å². The second-order valence-electron chi connectivity index (χ2n) is 6.10. The number of allylic oxidation sites excluding steroid dienone is 2. The lowest BCUT2D eigenvalue weighted by atomic mass is 9.76. The number of fused-ring (bicyclic) bond motifs is 3. The van der Waals surface area contributed by atoms with E-state index in [1.54, 1.807) is 6.07 Å². The van der Waals surface area contributed by atoms with Crippen LogP contribution in [0.4, 0.5) is 5.69 Å². The third-order valence-electron chi connectivity index (χ3n) is 4.86. The summed E-state index contributed by atoms with van der Waals surface area (Å²) in [4.78, 5) is 11.6. The van der Waals surface area contributed by atoms with Gasteiger partial charge < -0.3 is 10.4 Å². The monoisotopic (exact) mass is 325 g/mol. The number of carboxylic acid groups (broad SMARTS) is 1. The molecule has 0 saturated carbocycles. The van der Waals surface area contributed by atoms with Crippen LogP contribution >= 0.6 is 11.6 Å². The summed E-state index contributed by atoms with van der Waals surface area (Å²) in [6, 6.07) is 13.4. The van der Waals surface area contributed by atoms with Crippen molar-refractivity contribution in [1.82, 2.24) is 0 Å². The van der Waals surface area contributed by atoms with Gasteiger partial charge in [0, 0.05) is 10.9 Å². The molecule has 4 heteroatoms. The Bertz CT molecular complexity index is 798. The third-order valence-corrected chi connectivity index (χ3v) is 5.11. The number of hydrogen-bond acceptors (Lipinski definition) is 2. The lowest BCUT2D eigenvalue weighted by Gasteiger charge is -2.38. The first-order chi connectivity index (χ1) is 11.1. The molecule has 0 aromatic heterocycles. The minimum atomic E-state index is -0.898. The number of para-hydroxylation sites is 1. The Hall–Kier alpha value is -2.26. The molecule has 0 spiro atoms. The predicted octanol–water partition coefficient (Wildman–Crippen LogP) is 4.86. The fraction of sp³-hybridized carbons (Fsp3) is 0.211. The summed E-state index contributed by atoms with van der Waals surface area (Å²) in [6.07, 6.45) is 5.39. The van der Waals surface area contributed by atoms with Crippen molar-refractivity contribution in [2.75, 3.05) is 5.32 Å². The Morgan fingerprint density at radius 1 is 1.17 bits per heavy atom. The van der Waals surface area contributed by atoms with E-state index < -0.39 is 5.97 Å². The zero-order valence-corrected chi connectivity index (χ0v) is 13.1. The maximum Gasteiger partial charge on any atom is 0.337 e. The molecule has 1 aliphatic carbocycles. The van der Waals surface area contributed by atoms with Crippen molar-refractivity contribution in [3.05, 3.63) is 76.3 Å². The number of aromatic carboxylic acids is 1. The van der Waals surface area contributed by atoms with Gasteiger partial charge >= 0.3 is 5.97 Å². The Labute approximate surface area is 139 Å². The number of hydrogen-bond donors (Lipinski definition) is 2. The Morgan fingerprint density at radius 3 is 2.70 bits per heavy atom. The van der Waals surface area contributed by atoms with Crippen LogP contribution in [0.25, 0.3) is 0 Å². The van der Waals surface area contributed by atoms with Gasteiger partial charge in [-0.3, -0.25) is 0 Å². The average molecular weight is 326 g/mol. The van der Waals surface area contributed by atoms with Crippen molar-refractivity contribution in [3.63, 3.8) is 0 Å². The maximum atomic E-state index is 11.6. The summed E-state index contributed by atoms with van der Waals surface area (Å²) in [5.41, 5.74) is 3.29. The molecule has 0 radical (unpaired) electrons. The van der Waals surface area contributed by atoms with E-state index in [1.807, 2.05) is 36.4 Å². The molecule has 1 heterocycles. The van der Waals surface area contributed by atoms with Crippen LogP contribution in [-0.4, -0.2) is 11.1 Å². The van der Waals surface area contributed by atoms with Crippen LogP contribution in [-0.2, 0) is 0 Å². The Morgan fingerprint density at radius 2 is 1.96 bits per heavy atom. The second kappa shape index (κ2) is 5.43. The third kappa shape index (κ3) is 2.32. The number of halogens is 1. The molecule has 0 fully saturated rings. The van der Waals surface area contributed by atoms with Crippen LogP contribution in [0.15, 0.2) is 54.6 Å². The van der Waals surface area contributed by atoms with Crippen LogP contribution in [0.1, 0.15) is 39.9 Å². The topological polar surface area (TPSA) is 49.3 Å². The molecule has 3 atom stereocenters. The van der Waals surface area contributed by atoms with E-state index in [1.165, 1.54) is 0 Å². The molecule has 1 aliphatic heterocycles. The number of anilines is 1. The summed E-state index contributed by atoms with van der Waals surface area (Å²) in [5, 5.41) is 13.7. The SMILES string of the molecule is O=C(O)c1cccc2c1N[C@@H](c1ccc(Cl)cc1)[C@@H]1CC=C[C@H]21. The molecule has 4 rings (SSSR count). The number of carboxylic acids is 1. The highest BCUT2D eigenvalue weighted by Gasteiger charge is 2.39. The highest BCUT2D eigenvalue weighted by Crippen LogP contribution is 2.50.